The summed E-state index contributed by atoms with van der Waals surface area (Å²) in [6, 6.07) is 7.24. The quantitative estimate of drug-likeness (QED) is 0.859. The van der Waals surface area contributed by atoms with Crippen LogP contribution < -0.4 is 10.1 Å². The van der Waals surface area contributed by atoms with E-state index in [0.29, 0.717) is 18.1 Å². The van der Waals surface area contributed by atoms with Crippen LogP contribution >= 0.6 is 0 Å². The molecule has 2 heteroatoms. The van der Waals surface area contributed by atoms with Gasteiger partial charge < -0.3 is 10.1 Å². The molecular formula is C18H29NO. The van der Waals surface area contributed by atoms with Crippen molar-refractivity contribution in [1.82, 2.24) is 5.32 Å². The van der Waals surface area contributed by atoms with Crippen LogP contribution in [0.15, 0.2) is 18.2 Å². The fraction of sp³-hybridized carbons (Fsp3) is 0.667. The standard InChI is InChI=1S/C18H29NO/c1-5-19-15-7-6-8-16(12-15)20-18-11-14(4)9-10-17(18)13(2)3/h9-11,13,15-16,19H,5-8,12H2,1-4H3. The van der Waals surface area contributed by atoms with E-state index in [2.05, 4.69) is 51.2 Å². The molecule has 2 nitrogen and oxygen atoms in total. The predicted octanol–water partition coefficient (Wildman–Crippen LogP) is 4.42. The van der Waals surface area contributed by atoms with Crippen molar-refractivity contribution in [3.05, 3.63) is 29.3 Å². The number of hydrogen-bond donors (Lipinski definition) is 1. The smallest absolute Gasteiger partial charge is 0.123 e. The maximum Gasteiger partial charge on any atom is 0.123 e. The van der Waals surface area contributed by atoms with Gasteiger partial charge in [0, 0.05) is 6.04 Å². The Bertz CT molecular complexity index is 425. The number of rotatable bonds is 5. The normalized spacial score (nSPS) is 23.1. The molecule has 0 heterocycles. The Morgan fingerprint density at radius 1 is 1.30 bits per heavy atom. The second-order valence-electron chi connectivity index (χ2n) is 6.36. The van der Waals surface area contributed by atoms with Crippen LogP contribution in [0.1, 0.15) is 63.5 Å². The van der Waals surface area contributed by atoms with E-state index in [-0.39, 0.29) is 0 Å². The van der Waals surface area contributed by atoms with Gasteiger partial charge in [-0.05, 0) is 62.3 Å². The van der Waals surface area contributed by atoms with Gasteiger partial charge in [0.1, 0.15) is 11.9 Å². The van der Waals surface area contributed by atoms with Crippen LogP contribution in [0.5, 0.6) is 5.75 Å². The lowest BCUT2D eigenvalue weighted by atomic mass is 9.92. The van der Waals surface area contributed by atoms with Crippen molar-refractivity contribution in [2.24, 2.45) is 0 Å². The molecule has 1 aromatic carbocycles. The van der Waals surface area contributed by atoms with Gasteiger partial charge >= 0.3 is 0 Å². The number of hydrogen-bond acceptors (Lipinski definition) is 2. The van der Waals surface area contributed by atoms with Crippen molar-refractivity contribution < 1.29 is 4.74 Å². The molecule has 0 radical (unpaired) electrons. The summed E-state index contributed by atoms with van der Waals surface area (Å²) < 4.78 is 6.37. The highest BCUT2D eigenvalue weighted by Gasteiger charge is 2.23. The molecule has 0 aromatic heterocycles. The third-order valence-corrected chi connectivity index (χ3v) is 4.20. The minimum atomic E-state index is 0.368. The molecule has 0 amide bonds. The first kappa shape index (κ1) is 15.4. The third kappa shape index (κ3) is 3.99. The van der Waals surface area contributed by atoms with Crippen molar-refractivity contribution in [2.45, 2.75) is 71.4 Å². The van der Waals surface area contributed by atoms with Gasteiger partial charge in [0.15, 0.2) is 0 Å². The van der Waals surface area contributed by atoms with E-state index in [1.807, 2.05) is 0 Å². The maximum absolute atomic E-state index is 6.37. The van der Waals surface area contributed by atoms with E-state index in [0.717, 1.165) is 18.7 Å². The lowest BCUT2D eigenvalue weighted by Gasteiger charge is -2.31. The van der Waals surface area contributed by atoms with Gasteiger partial charge in [-0.3, -0.25) is 0 Å². The highest BCUT2D eigenvalue weighted by atomic mass is 16.5. The summed E-state index contributed by atoms with van der Waals surface area (Å²) in [5, 5.41) is 3.57. The number of nitrogens with one attached hydrogen (secondary N) is 1. The highest BCUT2D eigenvalue weighted by Crippen LogP contribution is 2.31. The summed E-state index contributed by atoms with van der Waals surface area (Å²) in [6.07, 6.45) is 5.25. The fourth-order valence-corrected chi connectivity index (χ4v) is 3.13. The van der Waals surface area contributed by atoms with E-state index >= 15 is 0 Å². The minimum Gasteiger partial charge on any atom is -0.490 e. The number of ether oxygens (including phenoxy) is 1. The van der Waals surface area contributed by atoms with Crippen LogP contribution in [0.4, 0.5) is 0 Å². The Kier molecular flexibility index (Phi) is 5.47. The Hall–Kier alpha value is -1.02. The van der Waals surface area contributed by atoms with Crippen molar-refractivity contribution in [1.29, 1.82) is 0 Å². The van der Waals surface area contributed by atoms with Crippen LogP contribution in [-0.2, 0) is 0 Å². The van der Waals surface area contributed by atoms with Gasteiger partial charge in [-0.2, -0.15) is 0 Å². The monoisotopic (exact) mass is 275 g/mol. The molecule has 0 aliphatic heterocycles. The van der Waals surface area contributed by atoms with Crippen LogP contribution in [0.25, 0.3) is 0 Å². The van der Waals surface area contributed by atoms with Crippen LogP contribution in [0.3, 0.4) is 0 Å². The third-order valence-electron chi connectivity index (χ3n) is 4.20. The molecule has 1 N–H and O–H groups in total. The van der Waals surface area contributed by atoms with E-state index in [4.69, 9.17) is 4.74 Å². The van der Waals surface area contributed by atoms with Crippen molar-refractivity contribution in [3.8, 4) is 5.75 Å². The second-order valence-corrected chi connectivity index (χ2v) is 6.36. The average molecular weight is 275 g/mol. The molecule has 1 fully saturated rings. The Morgan fingerprint density at radius 3 is 2.80 bits per heavy atom. The van der Waals surface area contributed by atoms with Crippen molar-refractivity contribution in [2.75, 3.05) is 6.54 Å². The van der Waals surface area contributed by atoms with Gasteiger partial charge in [-0.1, -0.05) is 32.9 Å². The molecule has 1 saturated carbocycles. The zero-order chi connectivity index (χ0) is 14.5. The van der Waals surface area contributed by atoms with Crippen LogP contribution in [-0.4, -0.2) is 18.7 Å². The fourth-order valence-electron chi connectivity index (χ4n) is 3.13. The summed E-state index contributed by atoms with van der Waals surface area (Å²) in [7, 11) is 0. The molecule has 0 bridgehead atoms. The highest BCUT2D eigenvalue weighted by molar-refractivity contribution is 5.39. The molecule has 1 aromatic rings. The molecular weight excluding hydrogens is 246 g/mol. The SMILES string of the molecule is CCNC1CCCC(Oc2cc(C)ccc2C(C)C)C1. The zero-order valence-corrected chi connectivity index (χ0v) is 13.4. The molecule has 0 saturated heterocycles. The van der Waals surface area contributed by atoms with Gasteiger partial charge in [0.05, 0.1) is 0 Å². The largest absolute Gasteiger partial charge is 0.490 e. The second kappa shape index (κ2) is 7.12. The maximum atomic E-state index is 6.37. The first-order valence-corrected chi connectivity index (χ1v) is 8.10. The topological polar surface area (TPSA) is 21.3 Å². The first-order valence-electron chi connectivity index (χ1n) is 8.10. The molecule has 2 unspecified atom stereocenters. The number of benzene rings is 1. The minimum absolute atomic E-state index is 0.368. The summed E-state index contributed by atoms with van der Waals surface area (Å²) >= 11 is 0. The average Bonchev–Trinajstić information content (AvgIpc) is 2.39. The summed E-state index contributed by atoms with van der Waals surface area (Å²) in [4.78, 5) is 0. The lowest BCUT2D eigenvalue weighted by Crippen LogP contribution is -2.38. The van der Waals surface area contributed by atoms with E-state index in [1.165, 1.54) is 30.4 Å². The van der Waals surface area contributed by atoms with Crippen molar-refractivity contribution >= 4 is 0 Å². The molecule has 1 aliphatic rings. The van der Waals surface area contributed by atoms with Gasteiger partial charge in [-0.25, -0.2) is 0 Å². The summed E-state index contributed by atoms with van der Waals surface area (Å²) in [5.74, 6) is 1.61. The molecule has 112 valence electrons. The molecule has 0 spiro atoms. The van der Waals surface area contributed by atoms with Gasteiger partial charge in [-0.15, -0.1) is 0 Å². The Labute approximate surface area is 123 Å². The van der Waals surface area contributed by atoms with E-state index in [1.54, 1.807) is 0 Å². The first-order chi connectivity index (χ1) is 9.60. The van der Waals surface area contributed by atoms with E-state index in [9.17, 15) is 0 Å². The Balaban J connectivity index is 2.07. The Morgan fingerprint density at radius 2 is 2.10 bits per heavy atom. The van der Waals surface area contributed by atoms with Gasteiger partial charge in [0.2, 0.25) is 0 Å². The molecule has 2 atom stereocenters. The predicted molar refractivity (Wildman–Crippen MR) is 85.6 cm³/mol. The molecule has 1 aliphatic carbocycles. The van der Waals surface area contributed by atoms with Gasteiger partial charge in [0.25, 0.3) is 0 Å². The zero-order valence-electron chi connectivity index (χ0n) is 13.4. The van der Waals surface area contributed by atoms with Crippen molar-refractivity contribution in [3.63, 3.8) is 0 Å². The molecule has 20 heavy (non-hydrogen) atoms. The lowest BCUT2D eigenvalue weighted by molar-refractivity contribution is 0.133. The van der Waals surface area contributed by atoms with Crippen LogP contribution in [0.2, 0.25) is 0 Å². The summed E-state index contributed by atoms with van der Waals surface area (Å²) in [6.45, 7) is 9.85. The van der Waals surface area contributed by atoms with Crippen LogP contribution in [0, 0.1) is 6.92 Å². The molecule has 2 rings (SSSR count). The summed E-state index contributed by atoms with van der Waals surface area (Å²) in [5.41, 5.74) is 2.62. The van der Waals surface area contributed by atoms with E-state index < -0.39 is 0 Å². The number of aryl methyl sites for hydroxylation is 1.